The van der Waals surface area contributed by atoms with Crippen molar-refractivity contribution in [2.75, 3.05) is 18.8 Å². The maximum Gasteiger partial charge on any atom is 0.282 e. The summed E-state index contributed by atoms with van der Waals surface area (Å²) in [5, 5.41) is 8.21. The normalized spacial score (nSPS) is 18.9. The Labute approximate surface area is 247 Å². The summed E-state index contributed by atoms with van der Waals surface area (Å²) in [5.41, 5.74) is 12.2. The van der Waals surface area contributed by atoms with Crippen molar-refractivity contribution in [3.63, 3.8) is 0 Å². The molecule has 3 N–H and O–H groups in total. The molecule has 1 aliphatic heterocycles. The Morgan fingerprint density at radius 3 is 2.72 bits per heavy atom. The van der Waals surface area contributed by atoms with Crippen LogP contribution in [0, 0.1) is 5.41 Å². The molecular weight excluding hydrogens is 545 g/mol. The second kappa shape index (κ2) is 9.56. The van der Waals surface area contributed by atoms with E-state index in [9.17, 15) is 9.18 Å². The molecule has 3 aliphatic rings. The number of amides is 1. The van der Waals surface area contributed by atoms with Crippen LogP contribution < -0.4 is 11.1 Å². The lowest BCUT2D eigenvalue weighted by molar-refractivity contribution is -0.149. The van der Waals surface area contributed by atoms with Crippen molar-refractivity contribution in [2.45, 2.75) is 37.8 Å². The Hall–Kier alpha value is -4.90. The maximum atomic E-state index is 13.2. The van der Waals surface area contributed by atoms with Gasteiger partial charge in [-0.15, -0.1) is 0 Å². The molecule has 0 radical (unpaired) electrons. The summed E-state index contributed by atoms with van der Waals surface area (Å²) < 4.78 is 17.0. The van der Waals surface area contributed by atoms with Gasteiger partial charge in [0.25, 0.3) is 5.91 Å². The van der Waals surface area contributed by atoms with Crippen LogP contribution in [0.2, 0.25) is 0 Å². The molecule has 1 saturated heterocycles. The molecule has 8 rings (SSSR count). The molecule has 5 aromatic rings. The lowest BCUT2D eigenvalue weighted by Crippen LogP contribution is -2.67. The molecule has 43 heavy (non-hydrogen) atoms. The number of nitrogens with two attached hydrogens (primary N) is 1. The smallest absolute Gasteiger partial charge is 0.282 e. The van der Waals surface area contributed by atoms with Gasteiger partial charge in [-0.3, -0.25) is 9.36 Å². The lowest BCUT2D eigenvalue weighted by Gasteiger charge is -2.59. The summed E-state index contributed by atoms with van der Waals surface area (Å²) in [6.07, 6.45) is 9.25. The lowest BCUT2D eigenvalue weighted by atomic mass is 9.60. The minimum Gasteiger partial charge on any atom is -0.383 e. The molecule has 0 bridgehead atoms. The van der Waals surface area contributed by atoms with Gasteiger partial charge in [-0.25, -0.2) is 24.0 Å². The third-order valence-corrected chi connectivity index (χ3v) is 9.14. The van der Waals surface area contributed by atoms with Crippen molar-refractivity contribution in [1.29, 1.82) is 0 Å². The number of halogens is 1. The second-order valence-electron chi connectivity index (χ2n) is 12.0. The predicted octanol–water partition coefficient (Wildman–Crippen LogP) is 4.30. The Balaban J connectivity index is 1.08. The summed E-state index contributed by atoms with van der Waals surface area (Å²) in [4.78, 5) is 27.6. The number of rotatable bonds is 6. The molecule has 2 aliphatic carbocycles. The number of aryl methyl sites for hydroxylation is 1. The number of hydrogen-bond acceptors (Lipinski definition) is 7. The fraction of sp³-hybridized carbons (Fsp3) is 0.281. The van der Waals surface area contributed by atoms with Gasteiger partial charge in [0.1, 0.15) is 11.3 Å². The summed E-state index contributed by atoms with van der Waals surface area (Å²) in [6.45, 7) is 4.38. The van der Waals surface area contributed by atoms with E-state index in [4.69, 9.17) is 15.7 Å². The van der Waals surface area contributed by atoms with E-state index in [2.05, 4.69) is 44.7 Å². The zero-order chi connectivity index (χ0) is 29.3. The highest BCUT2D eigenvalue weighted by atomic mass is 19.1. The van der Waals surface area contributed by atoms with E-state index in [0.29, 0.717) is 42.2 Å². The third kappa shape index (κ3) is 4.22. The molecule has 5 heterocycles. The topological polar surface area (TPSA) is 120 Å². The fourth-order valence-electron chi connectivity index (χ4n) is 7.15. The van der Waals surface area contributed by atoms with Crippen molar-refractivity contribution in [3.8, 4) is 22.9 Å². The van der Waals surface area contributed by atoms with E-state index in [1.807, 2.05) is 36.5 Å². The summed E-state index contributed by atoms with van der Waals surface area (Å²) in [5.74, 6) is 0.336. The van der Waals surface area contributed by atoms with Crippen LogP contribution >= 0.6 is 0 Å². The van der Waals surface area contributed by atoms with Gasteiger partial charge in [-0.2, -0.15) is 5.10 Å². The molecule has 1 saturated carbocycles. The van der Waals surface area contributed by atoms with Gasteiger partial charge >= 0.3 is 0 Å². The molecule has 216 valence electrons. The van der Waals surface area contributed by atoms with Crippen LogP contribution in [0.1, 0.15) is 36.4 Å². The number of nitrogens with zero attached hydrogens (tertiary/aromatic N) is 7. The number of imidazole rings is 1. The number of aromatic nitrogens is 6. The number of carbonyl (C=O) groups is 1. The summed E-state index contributed by atoms with van der Waals surface area (Å²) in [7, 11) is 0. The quantitative estimate of drug-likeness (QED) is 0.290. The van der Waals surface area contributed by atoms with Crippen LogP contribution in [0.25, 0.3) is 34.1 Å². The third-order valence-electron chi connectivity index (χ3n) is 9.14. The Bertz CT molecular complexity index is 1900. The first-order valence-electron chi connectivity index (χ1n) is 14.5. The van der Waals surface area contributed by atoms with Crippen LogP contribution in [0.5, 0.6) is 0 Å². The van der Waals surface area contributed by atoms with Crippen LogP contribution in [-0.2, 0) is 11.2 Å². The van der Waals surface area contributed by atoms with Crippen molar-refractivity contribution >= 4 is 22.9 Å². The Morgan fingerprint density at radius 1 is 1.09 bits per heavy atom. The number of likely N-dealkylation sites (tertiary alicyclic amines) is 1. The molecule has 2 fully saturated rings. The standard InChI is InChI=1S/C32H30FN9O/c1-19(33)31(43)40-17-32(18-40)15-21(16-32)37-25-8-5-20-14-22(6-7-23(20)25)42-29(24-4-2-11-35-28(24)34)38-26-9-10-27(39-30(26)42)41-13-3-12-36-41/h2-4,6-7,9-14,21,25,37H,1,5,8,15-18H2,(H2,34,35)/t25-/m0/s1. The molecule has 11 heteroatoms. The Kier molecular flexibility index (Phi) is 5.73. The van der Waals surface area contributed by atoms with Crippen molar-refractivity contribution in [3.05, 3.63) is 90.7 Å². The SMILES string of the molecule is C=C(F)C(=O)N1CC2(CC(N[C@H]3CCc4cc(-n5c(-c6cccnc6N)nc6ccc(-n7cccn7)nc65)ccc43)C2)C1. The minimum absolute atomic E-state index is 0.128. The van der Waals surface area contributed by atoms with E-state index < -0.39 is 11.7 Å². The fourth-order valence-corrected chi connectivity index (χ4v) is 7.15. The number of fused-ring (bicyclic) bond motifs is 2. The largest absolute Gasteiger partial charge is 0.383 e. The molecule has 1 aromatic carbocycles. The van der Waals surface area contributed by atoms with Crippen LogP contribution in [-0.4, -0.2) is 59.2 Å². The van der Waals surface area contributed by atoms with E-state index in [0.717, 1.165) is 42.5 Å². The molecule has 10 nitrogen and oxygen atoms in total. The van der Waals surface area contributed by atoms with Crippen molar-refractivity contribution in [2.24, 2.45) is 5.41 Å². The first-order chi connectivity index (χ1) is 20.9. The minimum atomic E-state index is -0.875. The average molecular weight is 576 g/mol. The zero-order valence-electron chi connectivity index (χ0n) is 23.4. The summed E-state index contributed by atoms with van der Waals surface area (Å²) in [6, 6.07) is 16.7. The number of nitrogens with one attached hydrogen (secondary N) is 1. The Morgan fingerprint density at radius 2 is 1.95 bits per heavy atom. The molecular formula is C32H30FN9O. The van der Waals surface area contributed by atoms with Gasteiger partial charge < -0.3 is 16.0 Å². The highest BCUT2D eigenvalue weighted by Crippen LogP contribution is 2.50. The highest BCUT2D eigenvalue weighted by Gasteiger charge is 2.54. The average Bonchev–Trinajstić information content (AvgIpc) is 3.72. The van der Waals surface area contributed by atoms with E-state index >= 15 is 0 Å². The van der Waals surface area contributed by atoms with Gasteiger partial charge in [-0.05, 0) is 79.3 Å². The van der Waals surface area contributed by atoms with Crippen LogP contribution in [0.4, 0.5) is 10.2 Å². The second-order valence-corrected chi connectivity index (χ2v) is 12.0. The van der Waals surface area contributed by atoms with Gasteiger partial charge in [0, 0.05) is 54.9 Å². The molecule has 1 spiro atoms. The number of benzene rings is 1. The zero-order valence-corrected chi connectivity index (χ0v) is 23.4. The number of carbonyl (C=O) groups excluding carboxylic acids is 1. The number of anilines is 1. The number of hydrogen-bond donors (Lipinski definition) is 2. The van der Waals surface area contributed by atoms with E-state index in [1.165, 1.54) is 11.1 Å². The van der Waals surface area contributed by atoms with Gasteiger partial charge in [0.05, 0.1) is 5.56 Å². The number of pyridine rings is 2. The van der Waals surface area contributed by atoms with E-state index in [1.54, 1.807) is 22.0 Å². The monoisotopic (exact) mass is 575 g/mol. The highest BCUT2D eigenvalue weighted by molar-refractivity contribution is 5.91. The summed E-state index contributed by atoms with van der Waals surface area (Å²) >= 11 is 0. The molecule has 1 amide bonds. The molecule has 4 aromatic heterocycles. The van der Waals surface area contributed by atoms with Gasteiger partial charge in [-0.1, -0.05) is 12.6 Å². The van der Waals surface area contributed by atoms with Crippen LogP contribution in [0.15, 0.2) is 79.5 Å². The van der Waals surface area contributed by atoms with Gasteiger partial charge in [0.15, 0.2) is 23.1 Å². The number of nitrogen functional groups attached to an aromatic ring is 1. The maximum absolute atomic E-state index is 13.2. The first-order valence-corrected chi connectivity index (χ1v) is 14.5. The van der Waals surface area contributed by atoms with Gasteiger partial charge in [0.2, 0.25) is 0 Å². The molecule has 0 unspecified atom stereocenters. The predicted molar refractivity (Wildman–Crippen MR) is 160 cm³/mol. The molecule has 1 atom stereocenters. The van der Waals surface area contributed by atoms with Crippen molar-refractivity contribution in [1.82, 2.24) is 39.5 Å². The first kappa shape index (κ1) is 25.8. The van der Waals surface area contributed by atoms with E-state index in [-0.39, 0.29) is 11.5 Å². The van der Waals surface area contributed by atoms with Crippen LogP contribution in [0.3, 0.4) is 0 Å². The van der Waals surface area contributed by atoms with Crippen molar-refractivity contribution < 1.29 is 9.18 Å².